The van der Waals surface area contributed by atoms with Crippen LogP contribution in [0, 0.1) is 0 Å². The molecule has 1 aromatic heterocycles. The van der Waals surface area contributed by atoms with Crippen molar-refractivity contribution in [2.75, 3.05) is 0 Å². The predicted octanol–water partition coefficient (Wildman–Crippen LogP) is 0.902. The Morgan fingerprint density at radius 1 is 1.29 bits per heavy atom. The Balaban J connectivity index is 2.36. The van der Waals surface area contributed by atoms with Crippen LogP contribution in [0.3, 0.4) is 0 Å². The first kappa shape index (κ1) is 8.83. The first-order valence-corrected chi connectivity index (χ1v) is 4.43. The number of rotatable bonds is 2. The largest absolute Gasteiger partial charge is 0.389 e. The third kappa shape index (κ3) is 1.62. The van der Waals surface area contributed by atoms with Crippen molar-refractivity contribution >= 4 is 17.2 Å². The first-order valence-electron chi connectivity index (χ1n) is 4.02. The second kappa shape index (κ2) is 3.55. The zero-order valence-corrected chi connectivity index (χ0v) is 8.11. The quantitative estimate of drug-likeness (QED) is 0.738. The summed E-state index contributed by atoms with van der Waals surface area (Å²) in [6.45, 7) is 0. The van der Waals surface area contributed by atoms with Gasteiger partial charge in [-0.25, -0.2) is 9.67 Å². The molecular formula is C9H8N4S. The van der Waals surface area contributed by atoms with Crippen LogP contribution in [0.15, 0.2) is 36.9 Å². The molecule has 0 radical (unpaired) electrons. The molecule has 0 spiro atoms. The summed E-state index contributed by atoms with van der Waals surface area (Å²) in [5, 5.41) is 4.00. The van der Waals surface area contributed by atoms with Crippen molar-refractivity contribution in [3.63, 3.8) is 0 Å². The minimum atomic E-state index is 0.398. The Kier molecular flexibility index (Phi) is 2.24. The fourth-order valence-corrected chi connectivity index (χ4v) is 1.26. The molecule has 1 aromatic carbocycles. The van der Waals surface area contributed by atoms with Gasteiger partial charge in [-0.15, -0.1) is 0 Å². The Hall–Kier alpha value is -1.75. The van der Waals surface area contributed by atoms with E-state index in [1.54, 1.807) is 11.0 Å². The number of hydrogen-bond donors (Lipinski definition) is 1. The molecule has 2 aromatic rings. The van der Waals surface area contributed by atoms with Crippen LogP contribution in [0.4, 0.5) is 0 Å². The standard InChI is InChI=1S/C9H8N4S/c10-9(14)7-1-3-8(4-2-7)13-6-11-5-12-13/h1-6H,(H2,10,14). The van der Waals surface area contributed by atoms with Crippen molar-refractivity contribution in [2.45, 2.75) is 0 Å². The lowest BCUT2D eigenvalue weighted by atomic mass is 10.2. The van der Waals surface area contributed by atoms with E-state index < -0.39 is 0 Å². The third-order valence-electron chi connectivity index (χ3n) is 1.84. The molecule has 0 aliphatic rings. The minimum Gasteiger partial charge on any atom is -0.389 e. The summed E-state index contributed by atoms with van der Waals surface area (Å²) in [5.41, 5.74) is 7.26. The van der Waals surface area contributed by atoms with E-state index in [0.717, 1.165) is 11.3 Å². The van der Waals surface area contributed by atoms with Crippen molar-refractivity contribution < 1.29 is 0 Å². The van der Waals surface area contributed by atoms with E-state index in [1.807, 2.05) is 24.3 Å². The first-order chi connectivity index (χ1) is 6.77. The Morgan fingerprint density at radius 3 is 2.50 bits per heavy atom. The highest BCUT2D eigenvalue weighted by Gasteiger charge is 1.98. The van der Waals surface area contributed by atoms with Gasteiger partial charge in [0.1, 0.15) is 17.6 Å². The molecule has 0 bridgehead atoms. The summed E-state index contributed by atoms with van der Waals surface area (Å²) in [6, 6.07) is 7.50. The number of hydrogen-bond acceptors (Lipinski definition) is 3. The molecule has 70 valence electrons. The molecule has 2 N–H and O–H groups in total. The predicted molar refractivity (Wildman–Crippen MR) is 57.2 cm³/mol. The lowest BCUT2D eigenvalue weighted by molar-refractivity contribution is 0.879. The Labute approximate surface area is 86.4 Å². The van der Waals surface area contributed by atoms with Crippen molar-refractivity contribution in [3.8, 4) is 5.69 Å². The van der Waals surface area contributed by atoms with Gasteiger partial charge in [0.2, 0.25) is 0 Å². The molecule has 4 nitrogen and oxygen atoms in total. The van der Waals surface area contributed by atoms with Crippen LogP contribution in [-0.4, -0.2) is 19.8 Å². The van der Waals surface area contributed by atoms with Gasteiger partial charge >= 0.3 is 0 Å². The minimum absolute atomic E-state index is 0.398. The number of nitrogens with two attached hydrogens (primary N) is 1. The van der Waals surface area contributed by atoms with Gasteiger partial charge in [0.15, 0.2) is 0 Å². The third-order valence-corrected chi connectivity index (χ3v) is 2.07. The SMILES string of the molecule is NC(=S)c1ccc(-n2cncn2)cc1. The average Bonchev–Trinajstić information content (AvgIpc) is 2.71. The smallest absolute Gasteiger partial charge is 0.138 e. The van der Waals surface area contributed by atoms with Crippen LogP contribution in [0.5, 0.6) is 0 Å². The van der Waals surface area contributed by atoms with Gasteiger partial charge in [-0.3, -0.25) is 0 Å². The van der Waals surface area contributed by atoms with Crippen molar-refractivity contribution in [1.82, 2.24) is 14.8 Å². The topological polar surface area (TPSA) is 56.7 Å². The van der Waals surface area contributed by atoms with Crippen LogP contribution in [-0.2, 0) is 0 Å². The maximum atomic E-state index is 5.48. The molecule has 5 heteroatoms. The molecule has 2 rings (SSSR count). The molecule has 0 amide bonds. The molecule has 0 aliphatic heterocycles. The average molecular weight is 204 g/mol. The summed E-state index contributed by atoms with van der Waals surface area (Å²) in [4.78, 5) is 4.26. The van der Waals surface area contributed by atoms with Gasteiger partial charge in [-0.05, 0) is 24.3 Å². The van der Waals surface area contributed by atoms with Crippen molar-refractivity contribution in [2.24, 2.45) is 5.73 Å². The number of aromatic nitrogens is 3. The van der Waals surface area contributed by atoms with Crippen LogP contribution in [0.1, 0.15) is 5.56 Å². The fourth-order valence-electron chi connectivity index (χ4n) is 1.12. The molecule has 0 saturated heterocycles. The number of nitrogens with zero attached hydrogens (tertiary/aromatic N) is 3. The summed E-state index contributed by atoms with van der Waals surface area (Å²) >= 11 is 4.85. The zero-order valence-electron chi connectivity index (χ0n) is 7.29. The van der Waals surface area contributed by atoms with Gasteiger partial charge < -0.3 is 5.73 Å². The van der Waals surface area contributed by atoms with Gasteiger partial charge in [-0.1, -0.05) is 12.2 Å². The molecule has 0 unspecified atom stereocenters. The molecule has 0 saturated carbocycles. The fraction of sp³-hybridized carbons (Fsp3) is 0. The maximum absolute atomic E-state index is 5.48. The normalized spacial score (nSPS) is 10.0. The summed E-state index contributed by atoms with van der Waals surface area (Å²) in [7, 11) is 0. The molecule has 0 aliphatic carbocycles. The van der Waals surface area contributed by atoms with Crippen molar-refractivity contribution in [3.05, 3.63) is 42.5 Å². The lowest BCUT2D eigenvalue weighted by Gasteiger charge is -2.01. The molecular weight excluding hydrogens is 196 g/mol. The number of benzene rings is 1. The van der Waals surface area contributed by atoms with Gasteiger partial charge in [-0.2, -0.15) is 5.10 Å². The van der Waals surface area contributed by atoms with Crippen LogP contribution in [0.2, 0.25) is 0 Å². The molecule has 0 atom stereocenters. The molecule has 14 heavy (non-hydrogen) atoms. The highest BCUT2D eigenvalue weighted by molar-refractivity contribution is 7.80. The monoisotopic (exact) mass is 204 g/mol. The van der Waals surface area contributed by atoms with E-state index in [9.17, 15) is 0 Å². The summed E-state index contributed by atoms with van der Waals surface area (Å²) in [6.07, 6.45) is 3.12. The highest BCUT2D eigenvalue weighted by Crippen LogP contribution is 2.07. The maximum Gasteiger partial charge on any atom is 0.138 e. The van der Waals surface area contributed by atoms with Crippen LogP contribution in [0.25, 0.3) is 5.69 Å². The van der Waals surface area contributed by atoms with E-state index >= 15 is 0 Å². The van der Waals surface area contributed by atoms with E-state index in [-0.39, 0.29) is 0 Å². The van der Waals surface area contributed by atoms with E-state index in [2.05, 4.69) is 10.1 Å². The second-order valence-corrected chi connectivity index (χ2v) is 3.19. The molecule has 0 fully saturated rings. The number of thiocarbonyl (C=S) groups is 1. The molecule has 1 heterocycles. The summed E-state index contributed by atoms with van der Waals surface area (Å²) < 4.78 is 1.67. The van der Waals surface area contributed by atoms with Gasteiger partial charge in [0.05, 0.1) is 5.69 Å². The van der Waals surface area contributed by atoms with Gasteiger partial charge in [0, 0.05) is 5.56 Å². The van der Waals surface area contributed by atoms with E-state index in [0.29, 0.717) is 4.99 Å². The van der Waals surface area contributed by atoms with Gasteiger partial charge in [0.25, 0.3) is 0 Å². The second-order valence-electron chi connectivity index (χ2n) is 2.75. The lowest BCUT2D eigenvalue weighted by Crippen LogP contribution is -2.09. The summed E-state index contributed by atoms with van der Waals surface area (Å²) in [5.74, 6) is 0. The van der Waals surface area contributed by atoms with Crippen LogP contribution >= 0.6 is 12.2 Å². The highest BCUT2D eigenvalue weighted by atomic mass is 32.1. The van der Waals surface area contributed by atoms with Crippen molar-refractivity contribution in [1.29, 1.82) is 0 Å². The van der Waals surface area contributed by atoms with E-state index in [1.165, 1.54) is 6.33 Å². The zero-order chi connectivity index (χ0) is 9.97. The van der Waals surface area contributed by atoms with E-state index in [4.69, 9.17) is 18.0 Å². The van der Waals surface area contributed by atoms with Crippen LogP contribution < -0.4 is 5.73 Å². The Bertz CT molecular complexity index is 432. The Morgan fingerprint density at radius 2 is 2.00 bits per heavy atom.